The minimum absolute atomic E-state index is 0.573. The van der Waals surface area contributed by atoms with Crippen molar-refractivity contribution in [2.45, 2.75) is 0 Å². The molecule has 0 bridgehead atoms. The Balaban J connectivity index is 1.14. The summed E-state index contributed by atoms with van der Waals surface area (Å²) in [5.74, 6) is 1.77. The molecular weight excluding hydrogens is 829 g/mol. The van der Waals surface area contributed by atoms with E-state index in [1.165, 1.54) is 0 Å². The van der Waals surface area contributed by atoms with Crippen molar-refractivity contribution < 1.29 is 4.42 Å². The van der Waals surface area contributed by atoms with Gasteiger partial charge in [-0.3, -0.25) is 0 Å². The van der Waals surface area contributed by atoms with Crippen LogP contribution in [0.2, 0.25) is 0 Å². The van der Waals surface area contributed by atoms with Gasteiger partial charge in [0.25, 0.3) is 0 Å². The average molecular weight is 869 g/mol. The van der Waals surface area contributed by atoms with Crippen molar-refractivity contribution in [1.29, 1.82) is 0 Å². The molecule has 0 saturated heterocycles. The summed E-state index contributed by atoms with van der Waals surface area (Å²) < 4.78 is 9.22. The lowest BCUT2D eigenvalue weighted by atomic mass is 9.85. The van der Waals surface area contributed by atoms with E-state index in [1.807, 2.05) is 36.4 Å². The van der Waals surface area contributed by atoms with Crippen LogP contribution in [0.4, 0.5) is 0 Å². The van der Waals surface area contributed by atoms with Crippen LogP contribution in [0.15, 0.2) is 247 Å². The highest BCUT2D eigenvalue weighted by Gasteiger charge is 2.25. The standard InChI is InChI=1S/C63H40N4O/c1-6-20-41(21-7-1)47-31-18-32-48(42-22-8-2-9-23-42)57(47)45-36-37-49(52(40-45)63-65-61(43-24-10-3-11-25-43)64-62(66-63)44-26-12-4-13-27-44)50-33-19-35-55-59(50)60-56(68-55)39-38-54-58(60)51-30-16-17-34-53(51)67(54)46-28-14-5-15-29-46/h1-40H. The summed E-state index contributed by atoms with van der Waals surface area (Å²) in [6.45, 7) is 0. The van der Waals surface area contributed by atoms with Gasteiger partial charge in [0.2, 0.25) is 0 Å². The lowest BCUT2D eigenvalue weighted by molar-refractivity contribution is 0.669. The molecule has 5 heteroatoms. The third-order valence-electron chi connectivity index (χ3n) is 13.1. The van der Waals surface area contributed by atoms with Crippen molar-refractivity contribution in [3.8, 4) is 84.4 Å². The van der Waals surface area contributed by atoms with Crippen LogP contribution < -0.4 is 0 Å². The van der Waals surface area contributed by atoms with Crippen LogP contribution in [-0.4, -0.2) is 19.5 Å². The van der Waals surface area contributed by atoms with Crippen molar-refractivity contribution in [3.05, 3.63) is 243 Å². The Morgan fingerprint density at radius 1 is 0.294 bits per heavy atom. The van der Waals surface area contributed by atoms with Crippen LogP contribution in [0.3, 0.4) is 0 Å². The molecule has 10 aromatic carbocycles. The Bertz CT molecular complexity index is 3880. The van der Waals surface area contributed by atoms with E-state index in [-0.39, 0.29) is 0 Å². The molecule has 0 aliphatic carbocycles. The van der Waals surface area contributed by atoms with Gasteiger partial charge < -0.3 is 8.98 Å². The SMILES string of the molecule is c1ccc(-c2nc(-c3ccccc3)nc(-c3cc(-c4c(-c5ccccc5)cccc4-c4ccccc4)ccc3-c3cccc4oc5ccc6c(c7ccccc7n6-c6ccccc6)c5c34)n2)cc1. The highest BCUT2D eigenvalue weighted by atomic mass is 16.3. The molecule has 5 nitrogen and oxygen atoms in total. The predicted molar refractivity (Wildman–Crippen MR) is 279 cm³/mol. The van der Waals surface area contributed by atoms with Crippen molar-refractivity contribution in [1.82, 2.24) is 19.5 Å². The Kier molecular flexibility index (Phi) is 9.43. The first-order valence-electron chi connectivity index (χ1n) is 22.9. The van der Waals surface area contributed by atoms with Gasteiger partial charge in [-0.05, 0) is 87.0 Å². The lowest BCUT2D eigenvalue weighted by Gasteiger charge is -2.19. The van der Waals surface area contributed by atoms with E-state index in [9.17, 15) is 0 Å². The van der Waals surface area contributed by atoms with Gasteiger partial charge in [0.15, 0.2) is 17.5 Å². The maximum absolute atomic E-state index is 6.86. The Hall–Kier alpha value is -9.19. The molecule has 0 N–H and O–H groups in total. The van der Waals surface area contributed by atoms with E-state index < -0.39 is 0 Å². The molecule has 3 heterocycles. The zero-order valence-corrected chi connectivity index (χ0v) is 36.8. The molecule has 0 saturated carbocycles. The maximum atomic E-state index is 6.86. The first kappa shape index (κ1) is 39.2. The second kappa shape index (κ2) is 16.4. The van der Waals surface area contributed by atoms with Gasteiger partial charge in [0, 0.05) is 43.9 Å². The number of fused-ring (bicyclic) bond motifs is 7. The molecular formula is C63H40N4O. The Morgan fingerprint density at radius 3 is 1.44 bits per heavy atom. The lowest BCUT2D eigenvalue weighted by Crippen LogP contribution is -2.01. The minimum Gasteiger partial charge on any atom is -0.456 e. The largest absolute Gasteiger partial charge is 0.456 e. The fourth-order valence-electron chi connectivity index (χ4n) is 10.1. The van der Waals surface area contributed by atoms with Gasteiger partial charge in [-0.1, -0.05) is 200 Å². The molecule has 0 atom stereocenters. The highest BCUT2D eigenvalue weighted by Crippen LogP contribution is 2.48. The first-order chi connectivity index (χ1) is 33.7. The van der Waals surface area contributed by atoms with E-state index >= 15 is 0 Å². The number of rotatable bonds is 8. The van der Waals surface area contributed by atoms with Crippen molar-refractivity contribution >= 4 is 43.7 Å². The summed E-state index contributed by atoms with van der Waals surface area (Å²) >= 11 is 0. The molecule has 318 valence electrons. The number of furan rings is 1. The molecule has 0 amide bonds. The van der Waals surface area contributed by atoms with E-state index in [2.05, 4.69) is 211 Å². The molecule has 3 aromatic heterocycles. The fourth-order valence-corrected chi connectivity index (χ4v) is 10.1. The second-order valence-electron chi connectivity index (χ2n) is 17.1. The van der Waals surface area contributed by atoms with Crippen molar-refractivity contribution in [2.75, 3.05) is 0 Å². The van der Waals surface area contributed by atoms with E-state index in [0.717, 1.165) is 111 Å². The molecule has 0 aliphatic heterocycles. The summed E-state index contributed by atoms with van der Waals surface area (Å²) in [4.78, 5) is 15.9. The van der Waals surface area contributed by atoms with E-state index in [0.29, 0.717) is 17.5 Å². The Morgan fingerprint density at radius 2 is 0.809 bits per heavy atom. The molecule has 0 unspecified atom stereocenters. The number of benzene rings is 10. The van der Waals surface area contributed by atoms with Crippen LogP contribution >= 0.6 is 0 Å². The maximum Gasteiger partial charge on any atom is 0.164 e. The first-order valence-corrected chi connectivity index (χ1v) is 22.9. The van der Waals surface area contributed by atoms with E-state index in [4.69, 9.17) is 19.4 Å². The highest BCUT2D eigenvalue weighted by molar-refractivity contribution is 6.30. The van der Waals surface area contributed by atoms with Gasteiger partial charge in [-0.2, -0.15) is 0 Å². The summed E-state index contributed by atoms with van der Waals surface area (Å²) in [6.07, 6.45) is 0. The molecule has 13 rings (SSSR count). The molecule has 0 fully saturated rings. The third kappa shape index (κ3) is 6.59. The molecule has 68 heavy (non-hydrogen) atoms. The Labute approximate surface area is 392 Å². The molecule has 13 aromatic rings. The van der Waals surface area contributed by atoms with Crippen molar-refractivity contribution in [3.63, 3.8) is 0 Å². The monoisotopic (exact) mass is 868 g/mol. The van der Waals surface area contributed by atoms with Crippen molar-refractivity contribution in [2.24, 2.45) is 0 Å². The van der Waals surface area contributed by atoms with Crippen LogP contribution in [0.5, 0.6) is 0 Å². The molecule has 0 radical (unpaired) electrons. The number of para-hydroxylation sites is 2. The van der Waals surface area contributed by atoms with Crippen LogP contribution in [0.25, 0.3) is 128 Å². The van der Waals surface area contributed by atoms with Crippen LogP contribution in [-0.2, 0) is 0 Å². The second-order valence-corrected chi connectivity index (χ2v) is 17.1. The third-order valence-corrected chi connectivity index (χ3v) is 13.1. The van der Waals surface area contributed by atoms with Crippen LogP contribution in [0, 0.1) is 0 Å². The zero-order valence-electron chi connectivity index (χ0n) is 36.8. The average Bonchev–Trinajstić information content (AvgIpc) is 3.98. The molecule has 0 aliphatic rings. The predicted octanol–water partition coefficient (Wildman–Crippen LogP) is 16.5. The van der Waals surface area contributed by atoms with Crippen LogP contribution in [0.1, 0.15) is 0 Å². The number of nitrogens with zero attached hydrogens (tertiary/aromatic N) is 4. The van der Waals surface area contributed by atoms with Gasteiger partial charge in [-0.25, -0.2) is 15.0 Å². The quantitative estimate of drug-likeness (QED) is 0.153. The normalized spacial score (nSPS) is 11.5. The number of hydrogen-bond acceptors (Lipinski definition) is 4. The fraction of sp³-hybridized carbons (Fsp3) is 0. The summed E-state index contributed by atoms with van der Waals surface area (Å²) in [5, 5.41) is 4.41. The van der Waals surface area contributed by atoms with E-state index in [1.54, 1.807) is 0 Å². The summed E-state index contributed by atoms with van der Waals surface area (Å²) in [5.41, 5.74) is 16.4. The summed E-state index contributed by atoms with van der Waals surface area (Å²) in [6, 6.07) is 85.1. The minimum atomic E-state index is 0.573. The van der Waals surface area contributed by atoms with Gasteiger partial charge in [0.05, 0.1) is 11.0 Å². The smallest absolute Gasteiger partial charge is 0.164 e. The number of aromatic nitrogens is 4. The van der Waals surface area contributed by atoms with Gasteiger partial charge >= 0.3 is 0 Å². The number of hydrogen-bond donors (Lipinski definition) is 0. The summed E-state index contributed by atoms with van der Waals surface area (Å²) in [7, 11) is 0. The molecule has 0 spiro atoms. The van der Waals surface area contributed by atoms with Gasteiger partial charge in [0.1, 0.15) is 11.2 Å². The zero-order chi connectivity index (χ0) is 45.0. The van der Waals surface area contributed by atoms with Gasteiger partial charge in [-0.15, -0.1) is 0 Å². The topological polar surface area (TPSA) is 56.7 Å².